The van der Waals surface area contributed by atoms with E-state index in [2.05, 4.69) is 20.2 Å². The van der Waals surface area contributed by atoms with Gasteiger partial charge in [-0.25, -0.2) is 14.8 Å². The molecule has 0 aliphatic carbocycles. The number of aliphatic carboxylic acids is 1. The second-order valence-corrected chi connectivity index (χ2v) is 12.1. The van der Waals surface area contributed by atoms with Crippen molar-refractivity contribution in [1.29, 1.82) is 0 Å². The number of amides is 1. The Balaban J connectivity index is 1.48. The zero-order valence-electron chi connectivity index (χ0n) is 24.9. The van der Waals surface area contributed by atoms with Crippen molar-refractivity contribution in [3.05, 3.63) is 109 Å². The Morgan fingerprint density at radius 2 is 1.53 bits per heavy atom. The van der Waals surface area contributed by atoms with Crippen LogP contribution in [0, 0.1) is 5.41 Å². The van der Waals surface area contributed by atoms with Crippen LogP contribution in [0.4, 0.5) is 5.69 Å². The molecule has 1 aliphatic heterocycles. The molecule has 224 valence electrons. The van der Waals surface area contributed by atoms with Gasteiger partial charge in [0.05, 0.1) is 22.6 Å². The first-order chi connectivity index (χ1) is 21.7. The number of aromatic nitrogens is 7. The predicted molar refractivity (Wildman–Crippen MR) is 168 cm³/mol. The van der Waals surface area contributed by atoms with E-state index in [0.29, 0.717) is 34.7 Å². The van der Waals surface area contributed by atoms with Gasteiger partial charge in [-0.3, -0.25) is 14.3 Å². The van der Waals surface area contributed by atoms with Gasteiger partial charge in [0.2, 0.25) is 5.91 Å². The summed E-state index contributed by atoms with van der Waals surface area (Å²) in [6.07, 6.45) is 3.43. The molecule has 1 aliphatic rings. The molecule has 0 radical (unpaired) electrons. The number of fused-ring (bicyclic) bond motifs is 4. The van der Waals surface area contributed by atoms with Crippen LogP contribution >= 0.6 is 0 Å². The van der Waals surface area contributed by atoms with Gasteiger partial charge in [-0.05, 0) is 29.7 Å². The first-order valence-corrected chi connectivity index (χ1v) is 14.6. The fraction of sp³-hybridized carbons (Fsp3) is 0.206. The van der Waals surface area contributed by atoms with Crippen LogP contribution in [0.5, 0.6) is 0 Å². The van der Waals surface area contributed by atoms with Crippen LogP contribution in [-0.2, 0) is 16.0 Å². The quantitative estimate of drug-likeness (QED) is 0.276. The normalized spacial score (nSPS) is 15.4. The summed E-state index contributed by atoms with van der Waals surface area (Å²) in [7, 11) is 0. The van der Waals surface area contributed by atoms with E-state index >= 15 is 0 Å². The largest absolute Gasteiger partial charge is 0.480 e. The molecule has 0 fully saturated rings. The average molecular weight is 599 g/mol. The molecule has 1 N–H and O–H groups in total. The topological polar surface area (TPSA) is 132 Å². The van der Waals surface area contributed by atoms with E-state index in [1.54, 1.807) is 29.2 Å². The maximum absolute atomic E-state index is 14.9. The minimum Gasteiger partial charge on any atom is -0.480 e. The summed E-state index contributed by atoms with van der Waals surface area (Å²) < 4.78 is 3.54. The van der Waals surface area contributed by atoms with Gasteiger partial charge in [0.1, 0.15) is 12.0 Å². The van der Waals surface area contributed by atoms with Gasteiger partial charge in [-0.15, -0.1) is 10.2 Å². The third-order valence-electron chi connectivity index (χ3n) is 8.06. The highest BCUT2D eigenvalue weighted by Gasteiger charge is 2.46. The van der Waals surface area contributed by atoms with Crippen molar-refractivity contribution in [2.45, 2.75) is 39.2 Å². The number of hydrogen-bond acceptors (Lipinski definition) is 7. The molecule has 4 heterocycles. The van der Waals surface area contributed by atoms with Crippen LogP contribution in [0.15, 0.2) is 97.3 Å². The number of carboxylic acids is 1. The summed E-state index contributed by atoms with van der Waals surface area (Å²) in [5.41, 5.74) is 2.51. The molecule has 0 spiro atoms. The number of rotatable bonds is 6. The minimum atomic E-state index is -1.17. The van der Waals surface area contributed by atoms with Gasteiger partial charge in [0.15, 0.2) is 11.6 Å². The third-order valence-corrected chi connectivity index (χ3v) is 8.06. The van der Waals surface area contributed by atoms with Crippen LogP contribution in [-0.4, -0.2) is 57.5 Å². The third kappa shape index (κ3) is 4.73. The average Bonchev–Trinajstić information content (AvgIpc) is 3.62. The lowest BCUT2D eigenvalue weighted by atomic mass is 9.84. The van der Waals surface area contributed by atoms with Crippen LogP contribution in [0.3, 0.4) is 0 Å². The standard InChI is InChI=1S/C34H30N8O3/c1-34(2,3)28(32(44)45)40-26-16-9-10-17-27(26)41-29(21-12-5-4-6-13-21)37-38-30(41)23(31(40)43)20-24-22-14-7-8-15-25(22)42(39-24)33-35-18-11-19-36-33/h4-19,23,28H,20H2,1-3H3,(H,44,45). The van der Waals surface area contributed by atoms with E-state index in [1.165, 1.54) is 4.90 Å². The van der Waals surface area contributed by atoms with Crippen LogP contribution < -0.4 is 4.90 Å². The molecule has 3 aromatic carbocycles. The zero-order chi connectivity index (χ0) is 31.3. The van der Waals surface area contributed by atoms with Gasteiger partial charge >= 0.3 is 5.97 Å². The molecule has 0 bridgehead atoms. The van der Waals surface area contributed by atoms with Crippen molar-refractivity contribution in [3.8, 4) is 23.0 Å². The van der Waals surface area contributed by atoms with E-state index in [-0.39, 0.29) is 6.42 Å². The number of carboxylic acid groups (broad SMARTS) is 1. The molecule has 11 heteroatoms. The lowest BCUT2D eigenvalue weighted by Crippen LogP contribution is -2.53. The van der Waals surface area contributed by atoms with Gasteiger partial charge in [-0.1, -0.05) is 81.4 Å². The molecule has 1 amide bonds. The SMILES string of the molecule is CC(C)(C)C(C(=O)O)N1C(=O)C(Cc2nn(-c3ncccn3)c3ccccc23)c2nnc(-c3ccccc3)n2-c2ccccc21. The first kappa shape index (κ1) is 28.1. The van der Waals surface area contributed by atoms with E-state index < -0.39 is 29.3 Å². The Labute approximate surface area is 258 Å². The van der Waals surface area contributed by atoms with Crippen molar-refractivity contribution in [1.82, 2.24) is 34.5 Å². The maximum atomic E-state index is 14.9. The molecule has 2 unspecified atom stereocenters. The molecule has 0 saturated heterocycles. The minimum absolute atomic E-state index is 0.132. The summed E-state index contributed by atoms with van der Waals surface area (Å²) in [6.45, 7) is 5.48. The summed E-state index contributed by atoms with van der Waals surface area (Å²) in [5, 5.41) is 25.5. The van der Waals surface area contributed by atoms with Crippen LogP contribution in [0.2, 0.25) is 0 Å². The molecular formula is C34H30N8O3. The summed E-state index contributed by atoms with van der Waals surface area (Å²) in [5.74, 6) is -1.06. The number of nitrogens with zero attached hydrogens (tertiary/aromatic N) is 8. The predicted octanol–water partition coefficient (Wildman–Crippen LogP) is 5.24. The Hall–Kier alpha value is -5.71. The Morgan fingerprint density at radius 3 is 2.24 bits per heavy atom. The summed E-state index contributed by atoms with van der Waals surface area (Å²) in [6, 6.07) is 25.2. The van der Waals surface area contributed by atoms with Crippen molar-refractivity contribution in [2.24, 2.45) is 5.41 Å². The smallest absolute Gasteiger partial charge is 0.327 e. The van der Waals surface area contributed by atoms with Crippen molar-refractivity contribution >= 4 is 28.5 Å². The highest BCUT2D eigenvalue weighted by Crippen LogP contribution is 2.42. The number of carbonyl (C=O) groups is 2. The van der Waals surface area contributed by atoms with E-state index in [4.69, 9.17) is 5.10 Å². The zero-order valence-corrected chi connectivity index (χ0v) is 24.9. The number of hydrogen-bond donors (Lipinski definition) is 1. The monoisotopic (exact) mass is 598 g/mol. The Bertz CT molecular complexity index is 2050. The highest BCUT2D eigenvalue weighted by molar-refractivity contribution is 6.05. The number of anilines is 1. The highest BCUT2D eigenvalue weighted by atomic mass is 16.4. The van der Waals surface area contributed by atoms with E-state index in [9.17, 15) is 14.7 Å². The van der Waals surface area contributed by atoms with Gasteiger partial charge in [0.25, 0.3) is 5.95 Å². The molecule has 11 nitrogen and oxygen atoms in total. The van der Waals surface area contributed by atoms with E-state index in [1.807, 2.05) is 98.1 Å². The Kier molecular flexibility index (Phi) is 6.73. The van der Waals surface area contributed by atoms with Crippen LogP contribution in [0.25, 0.3) is 33.9 Å². The lowest BCUT2D eigenvalue weighted by Gasteiger charge is -2.38. The fourth-order valence-electron chi connectivity index (χ4n) is 6.13. The Morgan fingerprint density at radius 1 is 0.867 bits per heavy atom. The summed E-state index contributed by atoms with van der Waals surface area (Å²) in [4.78, 5) is 38.1. The molecule has 2 atom stereocenters. The molecule has 3 aromatic heterocycles. The second kappa shape index (κ2) is 10.8. The lowest BCUT2D eigenvalue weighted by molar-refractivity contribution is -0.143. The van der Waals surface area contributed by atoms with Crippen molar-refractivity contribution in [2.75, 3.05) is 4.90 Å². The summed E-state index contributed by atoms with van der Waals surface area (Å²) >= 11 is 0. The number of benzene rings is 3. The molecule has 0 saturated carbocycles. The van der Waals surface area contributed by atoms with Crippen LogP contribution in [0.1, 0.15) is 38.2 Å². The van der Waals surface area contributed by atoms with Gasteiger partial charge < -0.3 is 5.11 Å². The fourth-order valence-corrected chi connectivity index (χ4v) is 6.13. The number of para-hydroxylation sites is 3. The van der Waals surface area contributed by atoms with Crippen molar-refractivity contribution < 1.29 is 14.7 Å². The molecule has 45 heavy (non-hydrogen) atoms. The molecule has 7 rings (SSSR count). The molecule has 6 aromatic rings. The van der Waals surface area contributed by atoms with Gasteiger partial charge in [-0.2, -0.15) is 9.78 Å². The molecular weight excluding hydrogens is 568 g/mol. The maximum Gasteiger partial charge on any atom is 0.327 e. The van der Waals surface area contributed by atoms with Crippen molar-refractivity contribution in [3.63, 3.8) is 0 Å². The second-order valence-electron chi connectivity index (χ2n) is 12.1. The van der Waals surface area contributed by atoms with Gasteiger partial charge in [0, 0.05) is 29.8 Å². The van der Waals surface area contributed by atoms with E-state index in [0.717, 1.165) is 16.5 Å². The first-order valence-electron chi connectivity index (χ1n) is 14.6. The number of carbonyl (C=O) groups excluding carboxylic acids is 1.